The predicted molar refractivity (Wildman–Crippen MR) is 111 cm³/mol. The van der Waals surface area contributed by atoms with Gasteiger partial charge in [-0.05, 0) is 48.6 Å². The van der Waals surface area contributed by atoms with Crippen LogP contribution in [0.25, 0.3) is 27.8 Å². The molecule has 3 aromatic heterocycles. The average molecular weight is 374 g/mol. The molecule has 0 spiro atoms. The van der Waals surface area contributed by atoms with Gasteiger partial charge < -0.3 is 15.0 Å². The van der Waals surface area contributed by atoms with Crippen molar-refractivity contribution in [2.24, 2.45) is 0 Å². The minimum atomic E-state index is -0.154. The summed E-state index contributed by atoms with van der Waals surface area (Å²) in [6.45, 7) is 0. The lowest BCUT2D eigenvalue weighted by atomic mass is 10.1. The molecule has 0 saturated heterocycles. The zero-order valence-corrected chi connectivity index (χ0v) is 15.7. The highest BCUT2D eigenvalue weighted by atomic mass is 16.5. The third-order valence-electron chi connectivity index (χ3n) is 5.53. The van der Waals surface area contributed by atoms with E-state index in [-0.39, 0.29) is 5.56 Å². The van der Waals surface area contributed by atoms with E-state index in [0.717, 1.165) is 35.2 Å². The van der Waals surface area contributed by atoms with Gasteiger partial charge in [-0.15, -0.1) is 0 Å². The number of benzene rings is 1. The molecule has 0 atom stereocenters. The van der Waals surface area contributed by atoms with Gasteiger partial charge in [0.25, 0.3) is 5.56 Å². The number of fused-ring (bicyclic) bond motifs is 2. The molecule has 1 aliphatic carbocycles. The fourth-order valence-electron chi connectivity index (χ4n) is 4.07. The number of nitrogens with one attached hydrogen (secondary N) is 2. The van der Waals surface area contributed by atoms with E-state index < -0.39 is 0 Å². The number of H-pyrrole nitrogens is 1. The first-order valence-corrected chi connectivity index (χ1v) is 9.68. The van der Waals surface area contributed by atoms with Crippen molar-refractivity contribution in [2.45, 2.75) is 31.7 Å². The van der Waals surface area contributed by atoms with Crippen LogP contribution in [0.4, 0.5) is 5.82 Å². The van der Waals surface area contributed by atoms with E-state index in [1.54, 1.807) is 7.11 Å². The van der Waals surface area contributed by atoms with E-state index in [0.29, 0.717) is 23.0 Å². The zero-order chi connectivity index (χ0) is 19.1. The Hall–Kier alpha value is -3.28. The third kappa shape index (κ3) is 2.81. The predicted octanol–water partition coefficient (Wildman–Crippen LogP) is 4.21. The Balaban J connectivity index is 1.69. The van der Waals surface area contributed by atoms with Crippen molar-refractivity contribution in [3.63, 3.8) is 0 Å². The van der Waals surface area contributed by atoms with Crippen LogP contribution in [0, 0.1) is 0 Å². The topological polar surface area (TPSA) is 71.4 Å². The van der Waals surface area contributed by atoms with E-state index >= 15 is 0 Å². The summed E-state index contributed by atoms with van der Waals surface area (Å²) in [5.41, 5.74) is 2.69. The second kappa shape index (κ2) is 6.71. The van der Waals surface area contributed by atoms with Gasteiger partial charge >= 0.3 is 0 Å². The Labute approximate surface area is 162 Å². The molecule has 0 amide bonds. The molecule has 1 aliphatic rings. The van der Waals surface area contributed by atoms with Crippen molar-refractivity contribution in [2.75, 3.05) is 12.4 Å². The largest absolute Gasteiger partial charge is 0.497 e. The lowest BCUT2D eigenvalue weighted by Gasteiger charge is -2.14. The van der Waals surface area contributed by atoms with Crippen molar-refractivity contribution < 1.29 is 4.74 Å². The summed E-state index contributed by atoms with van der Waals surface area (Å²) in [5.74, 6) is 1.60. The van der Waals surface area contributed by atoms with Crippen LogP contribution < -0.4 is 15.6 Å². The van der Waals surface area contributed by atoms with Crippen LogP contribution in [0.1, 0.15) is 25.7 Å². The summed E-state index contributed by atoms with van der Waals surface area (Å²) < 4.78 is 7.30. The molecule has 4 aromatic rings. The highest BCUT2D eigenvalue weighted by molar-refractivity contribution is 5.86. The molecule has 6 heteroatoms. The van der Waals surface area contributed by atoms with Gasteiger partial charge in [0.2, 0.25) is 0 Å². The summed E-state index contributed by atoms with van der Waals surface area (Å²) in [6, 6.07) is 13.9. The van der Waals surface area contributed by atoms with Gasteiger partial charge in [0.05, 0.1) is 18.2 Å². The standard InChI is InChI=1S/C22H22N4O2/c1-28-16-10-9-14-12-17(22(27)24-18(14)13-16)20-21(23-15-6-2-3-7-15)26-11-5-4-8-19(26)25-20/h4-5,8-13,15,23H,2-3,6-7H2,1H3,(H,24,27). The number of imidazole rings is 1. The second-order valence-corrected chi connectivity index (χ2v) is 7.33. The molecule has 1 aromatic carbocycles. The van der Waals surface area contributed by atoms with E-state index in [2.05, 4.69) is 10.3 Å². The van der Waals surface area contributed by atoms with Crippen LogP contribution in [0.15, 0.2) is 53.5 Å². The number of aromatic nitrogens is 3. The van der Waals surface area contributed by atoms with Crippen LogP contribution in [0.5, 0.6) is 5.75 Å². The molecule has 1 fully saturated rings. The van der Waals surface area contributed by atoms with Gasteiger partial charge in [-0.1, -0.05) is 18.9 Å². The lowest BCUT2D eigenvalue weighted by Crippen LogP contribution is -2.17. The van der Waals surface area contributed by atoms with Crippen LogP contribution >= 0.6 is 0 Å². The molecular weight excluding hydrogens is 352 g/mol. The van der Waals surface area contributed by atoms with Crippen molar-refractivity contribution >= 4 is 22.4 Å². The number of ether oxygens (including phenoxy) is 1. The van der Waals surface area contributed by atoms with Crippen LogP contribution in [0.3, 0.4) is 0 Å². The van der Waals surface area contributed by atoms with Crippen LogP contribution in [0.2, 0.25) is 0 Å². The third-order valence-corrected chi connectivity index (χ3v) is 5.53. The molecule has 0 unspecified atom stereocenters. The number of hydrogen-bond acceptors (Lipinski definition) is 4. The first kappa shape index (κ1) is 16.9. The maximum absolute atomic E-state index is 12.9. The molecule has 5 rings (SSSR count). The minimum absolute atomic E-state index is 0.154. The van der Waals surface area contributed by atoms with Gasteiger partial charge in [-0.25, -0.2) is 4.98 Å². The molecule has 0 aliphatic heterocycles. The fourth-order valence-corrected chi connectivity index (χ4v) is 4.07. The number of aromatic amines is 1. The summed E-state index contributed by atoms with van der Waals surface area (Å²) in [7, 11) is 1.62. The van der Waals surface area contributed by atoms with Gasteiger partial charge in [-0.3, -0.25) is 9.20 Å². The Morgan fingerprint density at radius 3 is 2.86 bits per heavy atom. The van der Waals surface area contributed by atoms with Gasteiger partial charge in [0.1, 0.15) is 22.9 Å². The van der Waals surface area contributed by atoms with Gasteiger partial charge in [-0.2, -0.15) is 0 Å². The summed E-state index contributed by atoms with van der Waals surface area (Å²) in [5, 5.41) is 4.60. The van der Waals surface area contributed by atoms with Crippen molar-refractivity contribution in [1.82, 2.24) is 14.4 Å². The summed E-state index contributed by atoms with van der Waals surface area (Å²) >= 11 is 0. The smallest absolute Gasteiger partial charge is 0.258 e. The normalized spacial score (nSPS) is 14.8. The van der Waals surface area contributed by atoms with Crippen LogP contribution in [-0.2, 0) is 0 Å². The lowest BCUT2D eigenvalue weighted by molar-refractivity contribution is 0.415. The molecule has 6 nitrogen and oxygen atoms in total. The van der Waals surface area contributed by atoms with Crippen LogP contribution in [-0.4, -0.2) is 27.5 Å². The fraction of sp³-hybridized carbons (Fsp3) is 0.273. The van der Waals surface area contributed by atoms with E-state index in [4.69, 9.17) is 9.72 Å². The molecule has 0 bridgehead atoms. The van der Waals surface area contributed by atoms with E-state index in [1.165, 1.54) is 12.8 Å². The molecular formula is C22H22N4O2. The number of hydrogen-bond donors (Lipinski definition) is 2. The molecule has 142 valence electrons. The van der Waals surface area contributed by atoms with Crippen molar-refractivity contribution in [3.8, 4) is 17.0 Å². The summed E-state index contributed by atoms with van der Waals surface area (Å²) in [6.07, 6.45) is 6.76. The highest BCUT2D eigenvalue weighted by Crippen LogP contribution is 2.31. The number of rotatable bonds is 4. The van der Waals surface area contributed by atoms with Gasteiger partial charge in [0, 0.05) is 18.3 Å². The minimum Gasteiger partial charge on any atom is -0.497 e. The molecule has 3 heterocycles. The second-order valence-electron chi connectivity index (χ2n) is 7.33. The Kier molecular flexibility index (Phi) is 4.04. The Morgan fingerprint density at radius 2 is 2.04 bits per heavy atom. The molecule has 1 saturated carbocycles. The van der Waals surface area contributed by atoms with Gasteiger partial charge in [0.15, 0.2) is 0 Å². The van der Waals surface area contributed by atoms with Crippen molar-refractivity contribution in [1.29, 1.82) is 0 Å². The number of anilines is 1. The first-order valence-electron chi connectivity index (χ1n) is 9.68. The Morgan fingerprint density at radius 1 is 1.18 bits per heavy atom. The quantitative estimate of drug-likeness (QED) is 0.561. The van der Waals surface area contributed by atoms with Crippen molar-refractivity contribution in [3.05, 3.63) is 59.0 Å². The zero-order valence-electron chi connectivity index (χ0n) is 15.7. The monoisotopic (exact) mass is 374 g/mol. The number of methoxy groups -OCH3 is 1. The maximum Gasteiger partial charge on any atom is 0.258 e. The average Bonchev–Trinajstić information content (AvgIpc) is 3.36. The Bertz CT molecular complexity index is 1220. The first-order chi connectivity index (χ1) is 13.7. The van der Waals surface area contributed by atoms with E-state index in [1.807, 2.05) is 53.1 Å². The SMILES string of the molecule is COc1ccc2cc(-c3nc4ccccn4c3NC3CCCC3)c(=O)[nH]c2c1. The summed E-state index contributed by atoms with van der Waals surface area (Å²) in [4.78, 5) is 20.7. The number of nitrogens with zero attached hydrogens (tertiary/aromatic N) is 2. The molecule has 2 N–H and O–H groups in total. The highest BCUT2D eigenvalue weighted by Gasteiger charge is 2.22. The number of pyridine rings is 2. The molecule has 0 radical (unpaired) electrons. The molecule has 28 heavy (non-hydrogen) atoms. The maximum atomic E-state index is 12.9. The van der Waals surface area contributed by atoms with E-state index in [9.17, 15) is 4.79 Å².